The molecule has 0 aliphatic carbocycles. The van der Waals surface area contributed by atoms with Gasteiger partial charge >= 0.3 is 6.03 Å². The molecule has 3 N–H and O–H groups in total. The molecule has 8 nitrogen and oxygen atoms in total. The van der Waals surface area contributed by atoms with Crippen molar-refractivity contribution in [1.29, 1.82) is 0 Å². The summed E-state index contributed by atoms with van der Waals surface area (Å²) in [5, 5.41) is 10.8. The summed E-state index contributed by atoms with van der Waals surface area (Å²) in [6, 6.07) is 18.6. The second-order valence-corrected chi connectivity index (χ2v) is 8.44. The lowest BCUT2D eigenvalue weighted by molar-refractivity contribution is 0.0383. The fraction of sp³-hybridized carbons (Fsp3) is 0.308. The molecule has 8 heteroatoms. The van der Waals surface area contributed by atoms with E-state index in [4.69, 9.17) is 4.74 Å². The molecule has 0 bridgehead atoms. The Bertz CT molecular complexity index is 1150. The van der Waals surface area contributed by atoms with Gasteiger partial charge in [0.15, 0.2) is 0 Å². The maximum atomic E-state index is 13.0. The highest BCUT2D eigenvalue weighted by Gasteiger charge is 2.16. The molecule has 178 valence electrons. The van der Waals surface area contributed by atoms with Gasteiger partial charge in [-0.05, 0) is 29.7 Å². The molecule has 0 radical (unpaired) electrons. The van der Waals surface area contributed by atoms with Crippen LogP contribution in [0.2, 0.25) is 0 Å². The lowest BCUT2D eigenvalue weighted by Crippen LogP contribution is -2.41. The molecule has 1 heterocycles. The summed E-state index contributed by atoms with van der Waals surface area (Å²) < 4.78 is 5.37. The van der Waals surface area contributed by atoms with Gasteiger partial charge in [-0.15, -0.1) is 0 Å². The van der Waals surface area contributed by atoms with Crippen molar-refractivity contribution in [2.24, 2.45) is 0 Å². The molecule has 1 aliphatic rings. The molecule has 3 aromatic rings. The zero-order valence-electron chi connectivity index (χ0n) is 19.6. The molecule has 0 atom stereocenters. The second-order valence-electron chi connectivity index (χ2n) is 8.44. The average Bonchev–Trinajstić information content (AvgIpc) is 2.84. The first-order chi connectivity index (χ1) is 16.5. The van der Waals surface area contributed by atoms with Gasteiger partial charge in [-0.1, -0.05) is 36.4 Å². The van der Waals surface area contributed by atoms with Gasteiger partial charge in [0.1, 0.15) is 0 Å². The van der Waals surface area contributed by atoms with E-state index < -0.39 is 0 Å². The number of nitrogens with one attached hydrogen (secondary N) is 3. The number of fused-ring (bicyclic) bond motifs is 1. The van der Waals surface area contributed by atoms with Crippen LogP contribution >= 0.6 is 0 Å². The first-order valence-corrected chi connectivity index (χ1v) is 11.5. The molecular weight excluding hydrogens is 430 g/mol. The van der Waals surface area contributed by atoms with Crippen LogP contribution in [0.3, 0.4) is 0 Å². The number of amides is 3. The van der Waals surface area contributed by atoms with Crippen LogP contribution in [0.5, 0.6) is 0 Å². The Morgan fingerprint density at radius 3 is 2.53 bits per heavy atom. The first-order valence-electron chi connectivity index (χ1n) is 11.5. The molecule has 1 fully saturated rings. The third-order valence-electron chi connectivity index (χ3n) is 5.84. The third kappa shape index (κ3) is 5.84. The molecule has 0 spiro atoms. The maximum Gasteiger partial charge on any atom is 0.323 e. The summed E-state index contributed by atoms with van der Waals surface area (Å²) >= 11 is 0. The number of benzene rings is 3. The molecule has 0 aromatic heterocycles. The molecule has 3 amide bonds. The molecular formula is C26H31N5O3. The fourth-order valence-electron chi connectivity index (χ4n) is 4.05. The minimum absolute atomic E-state index is 0.171. The molecule has 4 rings (SSSR count). The van der Waals surface area contributed by atoms with E-state index >= 15 is 0 Å². The Balaban J connectivity index is 1.43. The predicted molar refractivity (Wildman–Crippen MR) is 137 cm³/mol. The van der Waals surface area contributed by atoms with Gasteiger partial charge in [-0.2, -0.15) is 0 Å². The molecule has 1 saturated heterocycles. The van der Waals surface area contributed by atoms with Crippen LogP contribution in [0, 0.1) is 0 Å². The Kier molecular flexibility index (Phi) is 7.61. The van der Waals surface area contributed by atoms with Crippen LogP contribution in [0.4, 0.5) is 21.9 Å². The zero-order chi connectivity index (χ0) is 23.9. The summed E-state index contributed by atoms with van der Waals surface area (Å²) in [7, 11) is 3.78. The van der Waals surface area contributed by atoms with Crippen molar-refractivity contribution >= 4 is 39.8 Å². The van der Waals surface area contributed by atoms with Gasteiger partial charge in [-0.3, -0.25) is 9.69 Å². The predicted octanol–water partition coefficient (Wildman–Crippen LogP) is 3.61. The van der Waals surface area contributed by atoms with E-state index in [1.165, 1.54) is 0 Å². The van der Waals surface area contributed by atoms with Crippen LogP contribution in [0.15, 0.2) is 60.7 Å². The minimum atomic E-state index is -0.368. The normalized spacial score (nSPS) is 13.9. The standard InChI is InChI=1S/C26H31N5O3/c1-30(2)24-11-10-20(18-22(24)25(32)27-12-13-31-14-16-34-17-15-31)28-26(33)29-23-9-5-7-19-6-3-4-8-21(19)23/h3-11,18H,12-17H2,1-2H3,(H,27,32)(H2,28,29,33). The first kappa shape index (κ1) is 23.5. The number of carbonyl (C=O) groups excluding carboxylic acids is 2. The van der Waals surface area contributed by atoms with E-state index in [-0.39, 0.29) is 11.9 Å². The van der Waals surface area contributed by atoms with Crippen LogP contribution in [-0.2, 0) is 4.74 Å². The number of rotatable bonds is 7. The molecule has 0 saturated carbocycles. The number of carbonyl (C=O) groups is 2. The van der Waals surface area contributed by atoms with Crippen molar-refractivity contribution in [2.75, 3.05) is 69.0 Å². The van der Waals surface area contributed by atoms with Gasteiger partial charge < -0.3 is 25.6 Å². The Labute approximate surface area is 199 Å². The summed E-state index contributed by atoms with van der Waals surface area (Å²) in [5.74, 6) is -0.171. The maximum absolute atomic E-state index is 13.0. The van der Waals surface area contributed by atoms with Crippen molar-refractivity contribution < 1.29 is 14.3 Å². The SMILES string of the molecule is CN(C)c1ccc(NC(=O)Nc2cccc3ccccc23)cc1C(=O)NCCN1CCOCC1. The Morgan fingerprint density at radius 2 is 1.74 bits per heavy atom. The number of hydrogen-bond donors (Lipinski definition) is 3. The van der Waals surface area contributed by atoms with Gasteiger partial charge in [0.2, 0.25) is 0 Å². The van der Waals surface area contributed by atoms with Crippen molar-refractivity contribution in [3.8, 4) is 0 Å². The van der Waals surface area contributed by atoms with Crippen molar-refractivity contribution in [1.82, 2.24) is 10.2 Å². The van der Waals surface area contributed by atoms with Crippen molar-refractivity contribution in [3.05, 3.63) is 66.2 Å². The highest BCUT2D eigenvalue weighted by atomic mass is 16.5. The molecule has 3 aromatic carbocycles. The summed E-state index contributed by atoms with van der Waals surface area (Å²) in [4.78, 5) is 29.9. The molecule has 0 unspecified atom stereocenters. The lowest BCUT2D eigenvalue weighted by atomic mass is 10.1. The minimum Gasteiger partial charge on any atom is -0.379 e. The number of morpholine rings is 1. The summed E-state index contributed by atoms with van der Waals surface area (Å²) in [5.41, 5.74) is 2.56. The average molecular weight is 462 g/mol. The van der Waals surface area contributed by atoms with Crippen molar-refractivity contribution in [2.45, 2.75) is 0 Å². The third-order valence-corrected chi connectivity index (χ3v) is 5.84. The van der Waals surface area contributed by atoms with Gasteiger partial charge in [0.25, 0.3) is 5.91 Å². The van der Waals surface area contributed by atoms with E-state index in [0.29, 0.717) is 17.8 Å². The number of anilines is 3. The van der Waals surface area contributed by atoms with E-state index in [1.54, 1.807) is 12.1 Å². The van der Waals surface area contributed by atoms with Gasteiger partial charge in [0.05, 0.1) is 24.5 Å². The number of hydrogen-bond acceptors (Lipinski definition) is 5. The fourth-order valence-corrected chi connectivity index (χ4v) is 4.05. The van der Waals surface area contributed by atoms with Gasteiger partial charge in [-0.25, -0.2) is 4.79 Å². The van der Waals surface area contributed by atoms with Crippen LogP contribution in [-0.4, -0.2) is 70.3 Å². The highest BCUT2D eigenvalue weighted by Crippen LogP contribution is 2.25. The topological polar surface area (TPSA) is 85.9 Å². The van der Waals surface area contributed by atoms with Crippen LogP contribution in [0.25, 0.3) is 10.8 Å². The smallest absolute Gasteiger partial charge is 0.323 e. The number of urea groups is 1. The lowest BCUT2D eigenvalue weighted by Gasteiger charge is -2.26. The largest absolute Gasteiger partial charge is 0.379 e. The van der Waals surface area contributed by atoms with Crippen LogP contribution < -0.4 is 20.9 Å². The molecule has 1 aliphatic heterocycles. The number of nitrogens with zero attached hydrogens (tertiary/aromatic N) is 2. The highest BCUT2D eigenvalue weighted by molar-refractivity contribution is 6.07. The van der Waals surface area contributed by atoms with E-state index in [9.17, 15) is 9.59 Å². The summed E-state index contributed by atoms with van der Waals surface area (Å²) in [6.07, 6.45) is 0. The van der Waals surface area contributed by atoms with Crippen LogP contribution in [0.1, 0.15) is 10.4 Å². The monoisotopic (exact) mass is 461 g/mol. The molecule has 34 heavy (non-hydrogen) atoms. The Hall–Kier alpha value is -3.62. The van der Waals surface area contributed by atoms with E-state index in [0.717, 1.165) is 55.0 Å². The summed E-state index contributed by atoms with van der Waals surface area (Å²) in [6.45, 7) is 4.54. The Morgan fingerprint density at radius 1 is 0.971 bits per heavy atom. The zero-order valence-corrected chi connectivity index (χ0v) is 19.6. The van der Waals surface area contributed by atoms with E-state index in [1.807, 2.05) is 67.5 Å². The van der Waals surface area contributed by atoms with Gasteiger partial charge in [0, 0.05) is 57.0 Å². The second kappa shape index (κ2) is 11.0. The van der Waals surface area contributed by atoms with E-state index in [2.05, 4.69) is 20.9 Å². The van der Waals surface area contributed by atoms with Crippen molar-refractivity contribution in [3.63, 3.8) is 0 Å². The number of ether oxygens (including phenoxy) is 1. The quantitative estimate of drug-likeness (QED) is 0.501.